The van der Waals surface area contributed by atoms with Crippen LogP contribution in [0.3, 0.4) is 0 Å². The van der Waals surface area contributed by atoms with Crippen molar-refractivity contribution in [3.63, 3.8) is 0 Å². The molecule has 2 aromatic carbocycles. The molecule has 0 radical (unpaired) electrons. The number of hydrogen-bond donors (Lipinski definition) is 0. The molecular formula is C34H37NO. The lowest BCUT2D eigenvalue weighted by Crippen LogP contribution is -2.27. The molecule has 2 aromatic rings. The summed E-state index contributed by atoms with van der Waals surface area (Å²) in [4.78, 5) is 15.3. The Balaban J connectivity index is 1.46. The highest BCUT2D eigenvalue weighted by Crippen LogP contribution is 2.38. The van der Waals surface area contributed by atoms with Gasteiger partial charge in [0.15, 0.2) is 5.78 Å². The van der Waals surface area contributed by atoms with Gasteiger partial charge in [0.2, 0.25) is 0 Å². The Morgan fingerprint density at radius 3 is 1.69 bits per heavy atom. The van der Waals surface area contributed by atoms with E-state index < -0.39 is 0 Å². The zero-order valence-electron chi connectivity index (χ0n) is 22.4. The molecule has 0 spiro atoms. The third-order valence-corrected chi connectivity index (χ3v) is 6.54. The van der Waals surface area contributed by atoms with E-state index >= 15 is 0 Å². The van der Waals surface area contributed by atoms with Crippen molar-refractivity contribution in [1.29, 1.82) is 0 Å². The smallest absolute Gasteiger partial charge is 0.186 e. The zero-order valence-corrected chi connectivity index (χ0v) is 22.4. The van der Waals surface area contributed by atoms with E-state index in [9.17, 15) is 4.79 Å². The summed E-state index contributed by atoms with van der Waals surface area (Å²) in [5.74, 6) is 0.171. The maximum Gasteiger partial charge on any atom is 0.186 e. The lowest BCUT2D eigenvalue weighted by atomic mass is 9.72. The number of carbonyl (C=O) groups excluding carboxylic acids is 1. The van der Waals surface area contributed by atoms with Crippen LogP contribution in [0.15, 0.2) is 126 Å². The highest BCUT2D eigenvalue weighted by atomic mass is 16.1. The van der Waals surface area contributed by atoms with Crippen LogP contribution in [0.2, 0.25) is 0 Å². The fraction of sp³-hybridized carbons (Fsp3) is 0.265. The molecule has 0 amide bonds. The second-order valence-electron chi connectivity index (χ2n) is 11.6. The van der Waals surface area contributed by atoms with Crippen LogP contribution >= 0.6 is 0 Å². The fourth-order valence-electron chi connectivity index (χ4n) is 4.38. The Morgan fingerprint density at radius 1 is 0.667 bits per heavy atom. The molecule has 0 N–H and O–H groups in total. The SMILES string of the molecule is CC(C)(C)C1=CC(=CC=C2C=CN(Cc3ccc(-c4ccccc4)cc3)C=C2)C=C(C(C)(C)C)C1=O. The first kappa shape index (κ1) is 25.4. The van der Waals surface area contributed by atoms with Crippen molar-refractivity contribution < 1.29 is 4.79 Å². The molecule has 0 aromatic heterocycles. The van der Waals surface area contributed by atoms with Gasteiger partial charge in [-0.05, 0) is 63.0 Å². The molecule has 0 saturated heterocycles. The summed E-state index contributed by atoms with van der Waals surface area (Å²) in [5, 5.41) is 0. The topological polar surface area (TPSA) is 20.3 Å². The summed E-state index contributed by atoms with van der Waals surface area (Å²) in [5.41, 5.74) is 7.30. The van der Waals surface area contributed by atoms with E-state index in [2.05, 4.69) is 144 Å². The van der Waals surface area contributed by atoms with E-state index in [-0.39, 0.29) is 16.6 Å². The molecule has 2 heteroatoms. The van der Waals surface area contributed by atoms with Crippen molar-refractivity contribution in [3.05, 3.63) is 131 Å². The van der Waals surface area contributed by atoms with E-state index in [1.165, 1.54) is 16.7 Å². The molecule has 36 heavy (non-hydrogen) atoms. The van der Waals surface area contributed by atoms with Crippen LogP contribution in [0.25, 0.3) is 11.1 Å². The van der Waals surface area contributed by atoms with Crippen molar-refractivity contribution in [2.45, 2.75) is 48.1 Å². The van der Waals surface area contributed by atoms with Gasteiger partial charge in [-0.2, -0.15) is 0 Å². The first-order valence-electron chi connectivity index (χ1n) is 12.7. The van der Waals surface area contributed by atoms with Gasteiger partial charge in [0.25, 0.3) is 0 Å². The van der Waals surface area contributed by atoms with Crippen LogP contribution in [0.4, 0.5) is 0 Å². The molecule has 1 heterocycles. The summed E-state index contributed by atoms with van der Waals surface area (Å²) in [6.45, 7) is 13.5. The van der Waals surface area contributed by atoms with Crippen LogP contribution in [0, 0.1) is 10.8 Å². The second kappa shape index (κ2) is 10.1. The highest BCUT2D eigenvalue weighted by molar-refractivity contribution is 6.11. The Hall–Kier alpha value is -3.65. The molecule has 0 unspecified atom stereocenters. The van der Waals surface area contributed by atoms with E-state index in [1.807, 2.05) is 6.07 Å². The van der Waals surface area contributed by atoms with Gasteiger partial charge in [0.05, 0.1) is 0 Å². The summed E-state index contributed by atoms with van der Waals surface area (Å²) in [7, 11) is 0. The summed E-state index contributed by atoms with van der Waals surface area (Å²) in [6, 6.07) is 19.2. The third kappa shape index (κ3) is 6.12. The number of ketones is 1. The first-order chi connectivity index (χ1) is 17.0. The average Bonchev–Trinajstić information content (AvgIpc) is 2.84. The standard InChI is InChI=1S/C34H37NO/c1-33(2,3)30-22-27(23-31(32(30)36)34(4,5)6)13-12-25-18-20-35(21-19-25)24-26-14-16-29(17-15-26)28-10-8-7-9-11-28/h7-23H,24H2,1-6H3. The fourth-order valence-corrected chi connectivity index (χ4v) is 4.38. The van der Waals surface area contributed by atoms with Gasteiger partial charge < -0.3 is 4.90 Å². The van der Waals surface area contributed by atoms with Crippen molar-refractivity contribution in [2.75, 3.05) is 0 Å². The highest BCUT2D eigenvalue weighted by Gasteiger charge is 2.33. The Bertz CT molecular complexity index is 1250. The Labute approximate surface area is 216 Å². The predicted octanol–water partition coefficient (Wildman–Crippen LogP) is 8.58. The van der Waals surface area contributed by atoms with Gasteiger partial charge in [-0.15, -0.1) is 0 Å². The number of rotatable bonds is 4. The van der Waals surface area contributed by atoms with Crippen molar-refractivity contribution >= 4 is 5.78 Å². The summed E-state index contributed by atoms with van der Waals surface area (Å²) < 4.78 is 0. The molecule has 0 fully saturated rings. The Kier molecular flexibility index (Phi) is 7.17. The first-order valence-corrected chi connectivity index (χ1v) is 12.7. The predicted molar refractivity (Wildman–Crippen MR) is 152 cm³/mol. The van der Waals surface area contributed by atoms with Gasteiger partial charge in [0, 0.05) is 30.1 Å². The van der Waals surface area contributed by atoms with E-state index in [1.54, 1.807) is 0 Å². The van der Waals surface area contributed by atoms with Crippen LogP contribution in [-0.2, 0) is 11.3 Å². The number of carbonyl (C=O) groups is 1. The number of nitrogens with zero attached hydrogens (tertiary/aromatic N) is 1. The minimum atomic E-state index is -0.196. The molecule has 184 valence electrons. The van der Waals surface area contributed by atoms with Crippen LogP contribution in [-0.4, -0.2) is 10.7 Å². The molecule has 0 saturated carbocycles. The number of benzene rings is 2. The number of Topliss-reactive ketones (excluding diaryl/α,β-unsaturated/α-hetero) is 1. The summed E-state index contributed by atoms with van der Waals surface area (Å²) >= 11 is 0. The third-order valence-electron chi connectivity index (χ3n) is 6.54. The van der Waals surface area contributed by atoms with Gasteiger partial charge in [-0.25, -0.2) is 0 Å². The quantitative estimate of drug-likeness (QED) is 0.441. The maximum atomic E-state index is 13.1. The van der Waals surface area contributed by atoms with Crippen molar-refractivity contribution in [3.8, 4) is 11.1 Å². The second-order valence-corrected chi connectivity index (χ2v) is 11.6. The maximum absolute atomic E-state index is 13.1. The van der Waals surface area contributed by atoms with E-state index in [4.69, 9.17) is 0 Å². The molecular weight excluding hydrogens is 438 g/mol. The lowest BCUT2D eigenvalue weighted by Gasteiger charge is -2.31. The van der Waals surface area contributed by atoms with E-state index in [0.717, 1.165) is 28.8 Å². The van der Waals surface area contributed by atoms with Gasteiger partial charge >= 0.3 is 0 Å². The van der Waals surface area contributed by atoms with Gasteiger partial charge in [-0.1, -0.05) is 108 Å². The molecule has 0 atom stereocenters. The van der Waals surface area contributed by atoms with Crippen molar-refractivity contribution in [1.82, 2.24) is 4.90 Å². The molecule has 0 bridgehead atoms. The lowest BCUT2D eigenvalue weighted by molar-refractivity contribution is -0.114. The van der Waals surface area contributed by atoms with Crippen LogP contribution in [0.1, 0.15) is 47.1 Å². The van der Waals surface area contributed by atoms with Crippen LogP contribution in [0.5, 0.6) is 0 Å². The van der Waals surface area contributed by atoms with Crippen LogP contribution < -0.4 is 0 Å². The molecule has 2 aliphatic rings. The largest absolute Gasteiger partial charge is 0.350 e. The minimum Gasteiger partial charge on any atom is -0.350 e. The summed E-state index contributed by atoms with van der Waals surface area (Å²) in [6.07, 6.45) is 16.8. The average molecular weight is 476 g/mol. The normalized spacial score (nSPS) is 16.2. The Morgan fingerprint density at radius 2 is 1.17 bits per heavy atom. The number of allylic oxidation sites excluding steroid dienone is 10. The molecule has 1 aliphatic heterocycles. The minimum absolute atomic E-state index is 0.171. The van der Waals surface area contributed by atoms with Crippen molar-refractivity contribution in [2.24, 2.45) is 10.8 Å². The molecule has 4 rings (SSSR count). The zero-order chi connectivity index (χ0) is 25.9. The van der Waals surface area contributed by atoms with Gasteiger partial charge in [0.1, 0.15) is 0 Å². The number of hydrogen-bond acceptors (Lipinski definition) is 2. The van der Waals surface area contributed by atoms with Gasteiger partial charge in [-0.3, -0.25) is 4.79 Å². The van der Waals surface area contributed by atoms with E-state index in [0.29, 0.717) is 0 Å². The molecule has 2 nitrogen and oxygen atoms in total. The monoisotopic (exact) mass is 475 g/mol. The molecule has 1 aliphatic carbocycles.